The van der Waals surface area contributed by atoms with Crippen molar-refractivity contribution in [1.29, 1.82) is 0 Å². The number of benzene rings is 1. The van der Waals surface area contributed by atoms with E-state index in [4.69, 9.17) is 33.9 Å². The normalized spacial score (nSPS) is 33.7. The highest BCUT2D eigenvalue weighted by Crippen LogP contribution is 2.74. The fraction of sp³-hybridized carbons (Fsp3) is 0.500. The summed E-state index contributed by atoms with van der Waals surface area (Å²) in [6, 6.07) is 5.51. The van der Waals surface area contributed by atoms with E-state index >= 15 is 0 Å². The van der Waals surface area contributed by atoms with E-state index in [1.54, 1.807) is 6.07 Å². The quantitative estimate of drug-likeness (QED) is 0.788. The molecule has 0 aromatic heterocycles. The Kier molecular flexibility index (Phi) is 2.74. The SMILES string of the molecule is O=S(=O)(Cl)CC12CC(c3ccc(Cl)cc3Cl)(C1)C2. The highest BCUT2D eigenvalue weighted by Gasteiger charge is 2.69. The largest absolute Gasteiger partial charge is 0.233 e. The van der Waals surface area contributed by atoms with E-state index in [-0.39, 0.29) is 16.6 Å². The van der Waals surface area contributed by atoms with Crippen LogP contribution in [0, 0.1) is 5.41 Å². The van der Waals surface area contributed by atoms with Crippen molar-refractivity contribution in [2.75, 3.05) is 5.75 Å². The zero-order chi connectivity index (χ0) is 13.2. The second-order valence-corrected chi connectivity index (χ2v) is 9.24. The molecule has 0 N–H and O–H groups in total. The molecule has 0 spiro atoms. The van der Waals surface area contributed by atoms with Gasteiger partial charge >= 0.3 is 0 Å². The average molecular weight is 326 g/mol. The predicted octanol–water partition coefficient (Wildman–Crippen LogP) is 3.98. The van der Waals surface area contributed by atoms with Crippen LogP contribution in [0.4, 0.5) is 0 Å². The molecule has 18 heavy (non-hydrogen) atoms. The molecule has 0 amide bonds. The van der Waals surface area contributed by atoms with E-state index in [0.29, 0.717) is 10.0 Å². The molecule has 0 saturated heterocycles. The summed E-state index contributed by atoms with van der Waals surface area (Å²) in [4.78, 5) is 0. The molecule has 3 aliphatic rings. The maximum absolute atomic E-state index is 11.1. The molecule has 2 nitrogen and oxygen atoms in total. The predicted molar refractivity (Wildman–Crippen MR) is 74.1 cm³/mol. The van der Waals surface area contributed by atoms with E-state index in [0.717, 1.165) is 24.8 Å². The maximum atomic E-state index is 11.1. The summed E-state index contributed by atoms with van der Waals surface area (Å²) in [5.74, 6) is 0.0779. The van der Waals surface area contributed by atoms with Gasteiger partial charge in [-0.25, -0.2) is 8.42 Å². The summed E-state index contributed by atoms with van der Waals surface area (Å²) in [7, 11) is 1.91. The third kappa shape index (κ3) is 1.96. The van der Waals surface area contributed by atoms with Gasteiger partial charge in [0.1, 0.15) is 0 Å². The highest BCUT2D eigenvalue weighted by atomic mass is 35.7. The molecule has 1 aromatic rings. The Balaban J connectivity index is 1.80. The van der Waals surface area contributed by atoms with Crippen molar-refractivity contribution in [2.24, 2.45) is 5.41 Å². The van der Waals surface area contributed by atoms with Crippen molar-refractivity contribution >= 4 is 42.9 Å². The minimum Gasteiger partial charge on any atom is -0.212 e. The van der Waals surface area contributed by atoms with Crippen molar-refractivity contribution in [3.63, 3.8) is 0 Å². The van der Waals surface area contributed by atoms with Gasteiger partial charge in [0.05, 0.1) is 5.75 Å². The van der Waals surface area contributed by atoms with Crippen LogP contribution in [-0.2, 0) is 14.5 Å². The summed E-state index contributed by atoms with van der Waals surface area (Å²) in [6.45, 7) is 0. The van der Waals surface area contributed by atoms with Crippen LogP contribution in [0.25, 0.3) is 0 Å². The summed E-state index contributed by atoms with van der Waals surface area (Å²) in [5.41, 5.74) is 1.04. The Morgan fingerprint density at radius 3 is 2.28 bits per heavy atom. The third-order valence-electron chi connectivity index (χ3n) is 4.12. The lowest BCUT2D eigenvalue weighted by Gasteiger charge is -2.71. The topological polar surface area (TPSA) is 34.1 Å². The van der Waals surface area contributed by atoms with Gasteiger partial charge in [0.2, 0.25) is 9.05 Å². The van der Waals surface area contributed by atoms with Crippen LogP contribution in [0.3, 0.4) is 0 Å². The van der Waals surface area contributed by atoms with Gasteiger partial charge in [0.15, 0.2) is 0 Å². The first-order valence-corrected chi connectivity index (χ1v) is 8.85. The first-order chi connectivity index (χ1) is 8.24. The van der Waals surface area contributed by atoms with E-state index in [1.807, 2.05) is 12.1 Å². The lowest BCUT2D eigenvalue weighted by molar-refractivity contribution is -0.122. The summed E-state index contributed by atoms with van der Waals surface area (Å²) in [6.07, 6.45) is 2.56. The number of rotatable bonds is 3. The van der Waals surface area contributed by atoms with E-state index in [1.165, 1.54) is 0 Å². The highest BCUT2D eigenvalue weighted by molar-refractivity contribution is 8.13. The second kappa shape index (κ2) is 3.78. The molecule has 0 radical (unpaired) electrons. The number of halogens is 3. The van der Waals surface area contributed by atoms with E-state index in [9.17, 15) is 8.42 Å². The van der Waals surface area contributed by atoms with Gasteiger partial charge < -0.3 is 0 Å². The number of hydrogen-bond donors (Lipinski definition) is 0. The maximum Gasteiger partial charge on any atom is 0.233 e. The molecule has 3 fully saturated rings. The lowest BCUT2D eigenvalue weighted by atomic mass is 9.34. The molecule has 4 rings (SSSR count). The zero-order valence-corrected chi connectivity index (χ0v) is 12.5. The van der Waals surface area contributed by atoms with Gasteiger partial charge in [-0.1, -0.05) is 29.3 Å². The third-order valence-corrected chi connectivity index (χ3v) is 5.95. The summed E-state index contributed by atoms with van der Waals surface area (Å²) in [5, 5.41) is 1.29. The van der Waals surface area contributed by atoms with Gasteiger partial charge in [-0.15, -0.1) is 0 Å². The molecule has 98 valence electrons. The van der Waals surface area contributed by atoms with Crippen molar-refractivity contribution in [3.05, 3.63) is 33.8 Å². The lowest BCUT2D eigenvalue weighted by Crippen LogP contribution is -2.66. The van der Waals surface area contributed by atoms with Crippen LogP contribution < -0.4 is 0 Å². The number of hydrogen-bond acceptors (Lipinski definition) is 2. The Morgan fingerprint density at radius 2 is 1.78 bits per heavy atom. The van der Waals surface area contributed by atoms with Gasteiger partial charge in [-0.05, 0) is 47.8 Å². The van der Waals surface area contributed by atoms with Gasteiger partial charge in [-0.2, -0.15) is 0 Å². The van der Waals surface area contributed by atoms with Crippen LogP contribution in [-0.4, -0.2) is 14.2 Å². The molecule has 3 saturated carbocycles. The van der Waals surface area contributed by atoms with Crippen molar-refractivity contribution in [2.45, 2.75) is 24.7 Å². The minimum absolute atomic E-state index is 0.0588. The Morgan fingerprint density at radius 1 is 1.17 bits per heavy atom. The molecule has 2 bridgehead atoms. The zero-order valence-electron chi connectivity index (χ0n) is 9.42. The first kappa shape index (κ1) is 13.0. The standard InChI is InChI=1S/C12H11Cl3O2S/c13-8-1-2-9(10(14)3-8)12-4-11(5-12,6-12)7-18(15,16)17/h1-3H,4-7H2. The van der Waals surface area contributed by atoms with Crippen LogP contribution in [0.1, 0.15) is 24.8 Å². The Bertz CT molecular complexity index is 604. The molecule has 0 atom stereocenters. The molecular weight excluding hydrogens is 315 g/mol. The Hall–Kier alpha value is 0.0400. The Labute approximate surface area is 121 Å². The molecule has 0 heterocycles. The minimum atomic E-state index is -3.41. The second-order valence-electron chi connectivity index (χ2n) is 5.62. The first-order valence-electron chi connectivity index (χ1n) is 5.62. The monoisotopic (exact) mass is 324 g/mol. The molecule has 1 aromatic carbocycles. The van der Waals surface area contributed by atoms with Gasteiger partial charge in [-0.3, -0.25) is 0 Å². The van der Waals surface area contributed by atoms with Crippen LogP contribution in [0.2, 0.25) is 10.0 Å². The molecular formula is C12H11Cl3O2S. The summed E-state index contributed by atoms with van der Waals surface area (Å²) >= 11 is 12.1. The smallest absolute Gasteiger partial charge is 0.212 e. The van der Waals surface area contributed by atoms with Gasteiger partial charge in [0, 0.05) is 20.7 Å². The van der Waals surface area contributed by atoms with Crippen LogP contribution in [0.5, 0.6) is 0 Å². The fourth-order valence-corrected chi connectivity index (χ4v) is 6.06. The van der Waals surface area contributed by atoms with E-state index < -0.39 is 9.05 Å². The van der Waals surface area contributed by atoms with Crippen LogP contribution in [0.15, 0.2) is 18.2 Å². The molecule has 6 heteroatoms. The molecule has 0 aliphatic heterocycles. The molecule has 3 aliphatic carbocycles. The van der Waals surface area contributed by atoms with Crippen molar-refractivity contribution in [1.82, 2.24) is 0 Å². The van der Waals surface area contributed by atoms with Crippen molar-refractivity contribution in [3.8, 4) is 0 Å². The average Bonchev–Trinajstić information content (AvgIpc) is 2.08. The van der Waals surface area contributed by atoms with Crippen LogP contribution >= 0.6 is 33.9 Å². The fourth-order valence-electron chi connectivity index (χ4n) is 3.72. The van der Waals surface area contributed by atoms with Crippen molar-refractivity contribution < 1.29 is 8.42 Å². The van der Waals surface area contributed by atoms with E-state index in [2.05, 4.69) is 0 Å². The van der Waals surface area contributed by atoms with Gasteiger partial charge in [0.25, 0.3) is 0 Å². The molecule has 0 unspecified atom stereocenters. The summed E-state index contributed by atoms with van der Waals surface area (Å²) < 4.78 is 22.3.